The largest absolute Gasteiger partial charge is 0.365 e. The van der Waals surface area contributed by atoms with E-state index < -0.39 is 5.91 Å². The second kappa shape index (κ2) is 5.49. The van der Waals surface area contributed by atoms with Crippen molar-refractivity contribution in [2.75, 3.05) is 0 Å². The normalized spacial score (nSPS) is 10.7. The minimum Gasteiger partial charge on any atom is -0.365 e. The minimum atomic E-state index is -0.477. The molecule has 2 N–H and O–H groups in total. The molecular formula is C15H17ClN2O. The minimum absolute atomic E-state index is 0.425. The second-order valence-corrected chi connectivity index (χ2v) is 4.88. The molecule has 1 aromatic heterocycles. The maximum Gasteiger partial charge on any atom is 0.252 e. The second-order valence-electron chi connectivity index (χ2n) is 4.50. The van der Waals surface area contributed by atoms with E-state index in [-0.39, 0.29) is 0 Å². The summed E-state index contributed by atoms with van der Waals surface area (Å²) in [5.41, 5.74) is 8.56. The highest BCUT2D eigenvalue weighted by Gasteiger charge is 2.22. The van der Waals surface area contributed by atoms with Gasteiger partial charge < -0.3 is 10.3 Å². The van der Waals surface area contributed by atoms with Crippen molar-refractivity contribution >= 4 is 17.5 Å². The van der Waals surface area contributed by atoms with Crippen LogP contribution >= 0.6 is 11.6 Å². The molecule has 0 aliphatic carbocycles. The van der Waals surface area contributed by atoms with Crippen molar-refractivity contribution in [3.05, 3.63) is 46.6 Å². The zero-order chi connectivity index (χ0) is 14.0. The predicted molar refractivity (Wildman–Crippen MR) is 78.4 cm³/mol. The van der Waals surface area contributed by atoms with Gasteiger partial charge in [0.1, 0.15) is 0 Å². The Balaban J connectivity index is 2.72. The average Bonchev–Trinajstić information content (AvgIpc) is 2.63. The molecule has 19 heavy (non-hydrogen) atoms. The number of primary amides is 1. The Labute approximate surface area is 118 Å². The summed E-state index contributed by atoms with van der Waals surface area (Å²) in [5, 5.41) is 0.449. The molecule has 0 aliphatic rings. The lowest BCUT2D eigenvalue weighted by atomic mass is 10.1. The van der Waals surface area contributed by atoms with Gasteiger partial charge in [0.25, 0.3) is 5.91 Å². The van der Waals surface area contributed by atoms with Crippen molar-refractivity contribution in [3.63, 3.8) is 0 Å². The van der Waals surface area contributed by atoms with Gasteiger partial charge >= 0.3 is 0 Å². The van der Waals surface area contributed by atoms with Crippen LogP contribution in [0.1, 0.15) is 29.4 Å². The molecule has 0 unspecified atom stereocenters. The number of carbonyl (C=O) groups is 1. The van der Waals surface area contributed by atoms with Crippen LogP contribution in [0.5, 0.6) is 0 Å². The fourth-order valence-corrected chi connectivity index (χ4v) is 2.81. The lowest BCUT2D eigenvalue weighted by Gasteiger charge is -2.10. The van der Waals surface area contributed by atoms with E-state index >= 15 is 0 Å². The van der Waals surface area contributed by atoms with Gasteiger partial charge in [-0.2, -0.15) is 0 Å². The number of aromatic nitrogens is 1. The van der Waals surface area contributed by atoms with E-state index in [9.17, 15) is 4.79 Å². The summed E-state index contributed by atoms with van der Waals surface area (Å²) in [6.45, 7) is 4.78. The number of nitrogens with zero attached hydrogens (tertiary/aromatic N) is 1. The van der Waals surface area contributed by atoms with E-state index in [2.05, 4.69) is 11.5 Å². The van der Waals surface area contributed by atoms with Crippen LogP contribution in [-0.4, -0.2) is 10.5 Å². The third-order valence-electron chi connectivity index (χ3n) is 3.20. The highest BCUT2D eigenvalue weighted by molar-refractivity contribution is 6.36. The number of benzene rings is 1. The van der Waals surface area contributed by atoms with Gasteiger partial charge in [-0.25, -0.2) is 0 Å². The van der Waals surface area contributed by atoms with Crippen molar-refractivity contribution in [3.8, 4) is 11.3 Å². The van der Waals surface area contributed by atoms with Crippen LogP contribution in [0.4, 0.5) is 0 Å². The van der Waals surface area contributed by atoms with E-state index in [1.165, 1.54) is 0 Å². The first-order chi connectivity index (χ1) is 9.07. The summed E-state index contributed by atoms with van der Waals surface area (Å²) in [7, 11) is 0. The summed E-state index contributed by atoms with van der Waals surface area (Å²) in [6, 6.07) is 9.82. The van der Waals surface area contributed by atoms with E-state index in [0.29, 0.717) is 10.6 Å². The van der Waals surface area contributed by atoms with Gasteiger partial charge in [-0.15, -0.1) is 0 Å². The topological polar surface area (TPSA) is 48.0 Å². The summed E-state index contributed by atoms with van der Waals surface area (Å²) >= 11 is 6.38. The fourth-order valence-electron chi connectivity index (χ4n) is 2.37. The number of halogens is 1. The third kappa shape index (κ3) is 2.38. The van der Waals surface area contributed by atoms with Crippen LogP contribution in [0.25, 0.3) is 11.3 Å². The summed E-state index contributed by atoms with van der Waals surface area (Å²) in [6.07, 6.45) is 0.962. The fraction of sp³-hybridized carbons (Fsp3) is 0.267. The number of hydrogen-bond donors (Lipinski definition) is 1. The zero-order valence-electron chi connectivity index (χ0n) is 11.1. The van der Waals surface area contributed by atoms with E-state index in [1.807, 2.05) is 37.3 Å². The van der Waals surface area contributed by atoms with Gasteiger partial charge in [0.15, 0.2) is 0 Å². The molecule has 3 nitrogen and oxygen atoms in total. The molecule has 1 amide bonds. The van der Waals surface area contributed by atoms with Gasteiger partial charge in [0, 0.05) is 12.2 Å². The SMILES string of the molecule is CCCn1c(C)c(C(N)=O)c(Cl)c1-c1ccccc1. The molecule has 0 fully saturated rings. The Hall–Kier alpha value is -1.74. The number of nitrogens with two attached hydrogens (primary N) is 1. The highest BCUT2D eigenvalue weighted by Crippen LogP contribution is 2.35. The van der Waals surface area contributed by atoms with E-state index in [0.717, 1.165) is 29.9 Å². The average molecular weight is 277 g/mol. The first-order valence-electron chi connectivity index (χ1n) is 6.31. The molecule has 2 aromatic rings. The Morgan fingerprint density at radius 3 is 2.47 bits per heavy atom. The number of amides is 1. The summed E-state index contributed by atoms with van der Waals surface area (Å²) in [5.74, 6) is -0.477. The monoisotopic (exact) mass is 276 g/mol. The van der Waals surface area contributed by atoms with Crippen LogP contribution in [0.2, 0.25) is 5.02 Å². The van der Waals surface area contributed by atoms with Gasteiger partial charge in [0.2, 0.25) is 0 Å². The first kappa shape index (κ1) is 13.7. The molecule has 0 saturated heterocycles. The van der Waals surface area contributed by atoms with Gasteiger partial charge in [-0.05, 0) is 18.9 Å². The van der Waals surface area contributed by atoms with Crippen molar-refractivity contribution < 1.29 is 4.79 Å². The molecule has 0 radical (unpaired) electrons. The molecule has 1 heterocycles. The van der Waals surface area contributed by atoms with Gasteiger partial charge in [-0.3, -0.25) is 4.79 Å². The molecule has 0 atom stereocenters. The third-order valence-corrected chi connectivity index (χ3v) is 3.57. The van der Waals surface area contributed by atoms with Crippen LogP contribution in [0, 0.1) is 6.92 Å². The molecule has 2 rings (SSSR count). The standard InChI is InChI=1S/C15H17ClN2O/c1-3-9-18-10(2)12(15(17)19)13(16)14(18)11-7-5-4-6-8-11/h4-8H,3,9H2,1-2H3,(H2,17,19). The van der Waals surface area contributed by atoms with Crippen LogP contribution in [0.3, 0.4) is 0 Å². The Morgan fingerprint density at radius 2 is 1.95 bits per heavy atom. The van der Waals surface area contributed by atoms with Crippen molar-refractivity contribution in [2.45, 2.75) is 26.8 Å². The molecule has 1 aromatic carbocycles. The molecule has 0 aliphatic heterocycles. The molecule has 4 heteroatoms. The van der Waals surface area contributed by atoms with Crippen LogP contribution < -0.4 is 5.73 Å². The van der Waals surface area contributed by atoms with E-state index in [4.69, 9.17) is 17.3 Å². The first-order valence-corrected chi connectivity index (χ1v) is 6.69. The van der Waals surface area contributed by atoms with Crippen molar-refractivity contribution in [2.24, 2.45) is 5.73 Å². The number of hydrogen-bond acceptors (Lipinski definition) is 1. The molecule has 0 saturated carbocycles. The summed E-state index contributed by atoms with van der Waals surface area (Å²) in [4.78, 5) is 11.6. The van der Waals surface area contributed by atoms with Crippen LogP contribution in [-0.2, 0) is 6.54 Å². The highest BCUT2D eigenvalue weighted by atomic mass is 35.5. The van der Waals surface area contributed by atoms with Crippen molar-refractivity contribution in [1.82, 2.24) is 4.57 Å². The quantitative estimate of drug-likeness (QED) is 0.911. The lowest BCUT2D eigenvalue weighted by molar-refractivity contribution is 0.0999. The van der Waals surface area contributed by atoms with Gasteiger partial charge in [0.05, 0.1) is 16.3 Å². The molecule has 0 spiro atoms. The Bertz CT molecular complexity index is 602. The Morgan fingerprint density at radius 1 is 1.32 bits per heavy atom. The molecule has 100 valence electrons. The Kier molecular flexibility index (Phi) is 3.96. The van der Waals surface area contributed by atoms with Crippen molar-refractivity contribution in [1.29, 1.82) is 0 Å². The maximum absolute atomic E-state index is 11.6. The predicted octanol–water partition coefficient (Wildman–Crippen LogP) is 3.63. The zero-order valence-corrected chi connectivity index (χ0v) is 11.9. The number of rotatable bonds is 4. The molecular weight excluding hydrogens is 260 g/mol. The summed E-state index contributed by atoms with van der Waals surface area (Å²) < 4.78 is 2.07. The molecule has 0 bridgehead atoms. The lowest BCUT2D eigenvalue weighted by Crippen LogP contribution is -2.13. The van der Waals surface area contributed by atoms with Gasteiger partial charge in [-0.1, -0.05) is 48.9 Å². The maximum atomic E-state index is 11.6. The number of carbonyl (C=O) groups excluding carboxylic acids is 1. The smallest absolute Gasteiger partial charge is 0.252 e. The van der Waals surface area contributed by atoms with Crippen LogP contribution in [0.15, 0.2) is 30.3 Å². The van der Waals surface area contributed by atoms with E-state index in [1.54, 1.807) is 0 Å².